The number of carbonyl (C=O) groups is 1. The summed E-state index contributed by atoms with van der Waals surface area (Å²) in [5.41, 5.74) is 7.64. The molecule has 4 aliphatic rings. The first-order chi connectivity index (χ1) is 18.3. The van der Waals surface area contributed by atoms with Gasteiger partial charge in [-0.1, -0.05) is 52.9 Å². The van der Waals surface area contributed by atoms with Gasteiger partial charge in [0.05, 0.1) is 24.6 Å². The molecule has 2 aromatic rings. The molecule has 6 heteroatoms. The van der Waals surface area contributed by atoms with Gasteiger partial charge in [-0.2, -0.15) is 0 Å². The molecule has 4 nitrogen and oxygen atoms in total. The van der Waals surface area contributed by atoms with E-state index in [0.29, 0.717) is 24.6 Å². The highest BCUT2D eigenvalue weighted by Gasteiger charge is 2.42. The average molecular weight is 542 g/mol. The number of fused-ring (bicyclic) bond motifs is 2. The van der Waals surface area contributed by atoms with Gasteiger partial charge in [0.25, 0.3) is 0 Å². The van der Waals surface area contributed by atoms with Crippen molar-refractivity contribution in [2.24, 2.45) is 5.92 Å². The minimum absolute atomic E-state index is 0.122. The molecule has 3 heterocycles. The zero-order chi connectivity index (χ0) is 27.9. The molecule has 0 amide bonds. The smallest absolute Gasteiger partial charge is 0.336 e. The number of allylic oxidation sites excluding steroid dienone is 5. The normalized spacial score (nSPS) is 22.2. The van der Waals surface area contributed by atoms with Gasteiger partial charge < -0.3 is 10.0 Å². The minimum Gasteiger partial charge on any atom is -0.478 e. The summed E-state index contributed by atoms with van der Waals surface area (Å²) >= 11 is 0. The Labute approximate surface area is 231 Å². The molecule has 2 saturated heterocycles. The van der Waals surface area contributed by atoms with Crippen molar-refractivity contribution in [3.05, 3.63) is 87.6 Å². The highest BCUT2D eigenvalue weighted by molar-refractivity contribution is 6.98. The molecule has 2 aromatic carbocycles. The van der Waals surface area contributed by atoms with E-state index in [1.807, 2.05) is 6.07 Å². The Bertz CT molecular complexity index is 1530. The first kappa shape index (κ1) is 26.0. The fraction of sp³-hybridized carbons (Fsp3) is 0.394. The van der Waals surface area contributed by atoms with E-state index in [2.05, 4.69) is 92.8 Å². The lowest BCUT2D eigenvalue weighted by atomic mass is 9.81. The van der Waals surface area contributed by atoms with Gasteiger partial charge in [-0.05, 0) is 74.0 Å². The molecule has 0 atom stereocenters. The van der Waals surface area contributed by atoms with Crippen LogP contribution in [0.2, 0.25) is 13.1 Å². The maximum atomic E-state index is 13.8. The molecule has 39 heavy (non-hydrogen) atoms. The number of rotatable bonds is 3. The van der Waals surface area contributed by atoms with Crippen LogP contribution in [-0.4, -0.2) is 61.8 Å². The van der Waals surface area contributed by atoms with Crippen LogP contribution >= 0.6 is 0 Å². The Kier molecular flexibility index (Phi) is 5.92. The van der Waals surface area contributed by atoms with Crippen molar-refractivity contribution in [2.45, 2.75) is 52.4 Å². The van der Waals surface area contributed by atoms with Crippen molar-refractivity contribution in [2.75, 3.05) is 31.1 Å². The second-order valence-electron chi connectivity index (χ2n) is 13.3. The Morgan fingerprint density at radius 2 is 1.77 bits per heavy atom. The molecule has 6 rings (SSSR count). The van der Waals surface area contributed by atoms with E-state index < -0.39 is 20.2 Å². The number of benzene rings is 2. The second kappa shape index (κ2) is 8.88. The van der Waals surface area contributed by atoms with E-state index in [1.54, 1.807) is 6.07 Å². The van der Waals surface area contributed by atoms with Gasteiger partial charge in [-0.3, -0.25) is 0 Å². The van der Waals surface area contributed by atoms with E-state index in [9.17, 15) is 14.3 Å². The Balaban J connectivity index is 1.63. The number of carboxylic acids is 1. The number of aromatic carboxylic acids is 1. The van der Waals surface area contributed by atoms with E-state index in [-0.39, 0.29) is 5.41 Å². The lowest BCUT2D eigenvalue weighted by Gasteiger charge is -2.41. The summed E-state index contributed by atoms with van der Waals surface area (Å²) in [5.74, 6) is -0.216. The third kappa shape index (κ3) is 4.24. The first-order valence-electron chi connectivity index (χ1n) is 14.0. The molecule has 1 N–H and O–H groups in total. The molecular formula is C33H38FN2O2Si+. The van der Waals surface area contributed by atoms with Gasteiger partial charge in [0, 0.05) is 17.8 Å². The fourth-order valence-corrected chi connectivity index (χ4v) is 9.53. The van der Waals surface area contributed by atoms with Crippen LogP contribution in [0.25, 0.3) is 5.57 Å². The summed E-state index contributed by atoms with van der Waals surface area (Å²) in [6.07, 6.45) is 6.05. The fourth-order valence-electron chi connectivity index (χ4n) is 6.46. The van der Waals surface area contributed by atoms with Crippen LogP contribution in [-0.2, 0) is 5.41 Å². The number of hydrogen-bond acceptors (Lipinski definition) is 2. The third-order valence-corrected chi connectivity index (χ3v) is 12.4. The molecule has 0 radical (unpaired) electrons. The molecule has 0 saturated carbocycles. The number of carboxylic acid groups (broad SMARTS) is 1. The zero-order valence-electron chi connectivity index (χ0n) is 23.8. The standard InChI is InChI=1S/C33H37FN2O2Si/c1-20-16-35(17-20)23-8-11-26-29(14-23)39(5,6)30-15-24(36-18-22(34)19-36)9-12-27(30)31(26)28-13-21(33(2,3)4)7-10-25(28)32(37)38/h7-15,20,22H,16-19H2,1-6H3/p+1. The van der Waals surface area contributed by atoms with Crippen LogP contribution in [0.15, 0.2) is 65.4 Å². The van der Waals surface area contributed by atoms with Crippen molar-refractivity contribution in [3.8, 4) is 0 Å². The van der Waals surface area contributed by atoms with Crippen LogP contribution in [0, 0.1) is 5.92 Å². The number of hydrogen-bond donors (Lipinski definition) is 1. The monoisotopic (exact) mass is 541 g/mol. The van der Waals surface area contributed by atoms with Crippen LogP contribution in [0.5, 0.6) is 0 Å². The van der Waals surface area contributed by atoms with E-state index >= 15 is 0 Å². The molecule has 0 bridgehead atoms. The third-order valence-electron chi connectivity index (χ3n) is 8.91. The van der Waals surface area contributed by atoms with Crippen LogP contribution in [0.1, 0.15) is 54.7 Å². The van der Waals surface area contributed by atoms with Crippen LogP contribution in [0.4, 0.5) is 10.1 Å². The number of anilines is 1. The number of alkyl halides is 1. The van der Waals surface area contributed by atoms with Crippen molar-refractivity contribution in [1.29, 1.82) is 0 Å². The van der Waals surface area contributed by atoms with Gasteiger partial charge in [0.1, 0.15) is 14.2 Å². The maximum absolute atomic E-state index is 13.8. The average Bonchev–Trinajstić information content (AvgIpc) is 2.84. The quantitative estimate of drug-likeness (QED) is 0.400. The highest BCUT2D eigenvalue weighted by atomic mass is 28.3. The van der Waals surface area contributed by atoms with Crippen molar-refractivity contribution in [1.82, 2.24) is 0 Å². The highest BCUT2D eigenvalue weighted by Crippen LogP contribution is 2.44. The minimum atomic E-state index is -2.18. The maximum Gasteiger partial charge on any atom is 0.336 e. The van der Waals surface area contributed by atoms with E-state index in [1.165, 1.54) is 16.1 Å². The van der Waals surface area contributed by atoms with Gasteiger partial charge in [0.2, 0.25) is 0 Å². The number of nitrogens with zero attached hydrogens (tertiary/aromatic N) is 2. The topological polar surface area (TPSA) is 43.6 Å². The largest absolute Gasteiger partial charge is 0.478 e. The molecule has 3 aliphatic heterocycles. The summed E-state index contributed by atoms with van der Waals surface area (Å²) in [7, 11) is -2.18. The van der Waals surface area contributed by atoms with Crippen LogP contribution in [0.3, 0.4) is 0 Å². The first-order valence-corrected chi connectivity index (χ1v) is 17.0. The van der Waals surface area contributed by atoms with Gasteiger partial charge in [-0.15, -0.1) is 0 Å². The second-order valence-corrected chi connectivity index (χ2v) is 17.6. The zero-order valence-corrected chi connectivity index (χ0v) is 24.8. The van der Waals surface area contributed by atoms with Crippen molar-refractivity contribution >= 4 is 36.2 Å². The Hall–Kier alpha value is -3.25. The van der Waals surface area contributed by atoms with Crippen LogP contribution < -0.4 is 10.1 Å². The number of halogens is 1. The lowest BCUT2D eigenvalue weighted by Crippen LogP contribution is -2.52. The van der Waals surface area contributed by atoms with Gasteiger partial charge >= 0.3 is 5.97 Å². The van der Waals surface area contributed by atoms with Crippen molar-refractivity contribution < 1.29 is 18.9 Å². The lowest BCUT2D eigenvalue weighted by molar-refractivity contribution is -0.601. The summed E-state index contributed by atoms with van der Waals surface area (Å²) in [6.45, 7) is 16.5. The Morgan fingerprint density at radius 1 is 1.05 bits per heavy atom. The SMILES string of the molecule is CC1C[N+](=C2C=CC3=C(c4cc(C(C)(C)C)ccc4C(=O)O)c4ccc(N5CC(F)C5)cc4[Si](C)(C)C3=C2)C1. The summed E-state index contributed by atoms with van der Waals surface area (Å²) in [5, 5.41) is 12.9. The van der Waals surface area contributed by atoms with Gasteiger partial charge in [-0.25, -0.2) is 13.8 Å². The molecule has 1 aliphatic carbocycles. The molecule has 2 fully saturated rings. The molecule has 0 unspecified atom stereocenters. The van der Waals surface area contributed by atoms with Gasteiger partial charge in [0.15, 0.2) is 18.8 Å². The van der Waals surface area contributed by atoms with E-state index in [4.69, 9.17) is 0 Å². The molecule has 202 valence electrons. The summed E-state index contributed by atoms with van der Waals surface area (Å²) in [6, 6.07) is 12.3. The van der Waals surface area contributed by atoms with E-state index in [0.717, 1.165) is 46.6 Å². The Morgan fingerprint density at radius 3 is 2.38 bits per heavy atom. The summed E-state index contributed by atoms with van der Waals surface area (Å²) < 4.78 is 16.2. The van der Waals surface area contributed by atoms with Crippen molar-refractivity contribution in [3.63, 3.8) is 0 Å². The molecule has 0 spiro atoms. The summed E-state index contributed by atoms with van der Waals surface area (Å²) in [4.78, 5) is 14.7. The molecule has 0 aromatic heterocycles. The molecular weight excluding hydrogens is 503 g/mol. The predicted octanol–water partition coefficient (Wildman–Crippen LogP) is 5.71. The predicted molar refractivity (Wildman–Crippen MR) is 160 cm³/mol.